The van der Waals surface area contributed by atoms with Gasteiger partial charge in [-0.3, -0.25) is 4.55 Å². The van der Waals surface area contributed by atoms with Crippen molar-refractivity contribution in [2.75, 3.05) is 5.75 Å². The number of hydrogen-bond donors (Lipinski definition) is 2. The van der Waals surface area contributed by atoms with Crippen LogP contribution in [-0.4, -0.2) is 24.8 Å². The van der Waals surface area contributed by atoms with Crippen molar-refractivity contribution in [3.05, 3.63) is 0 Å². The summed E-state index contributed by atoms with van der Waals surface area (Å²) in [5.74, 6) is -0.245. The second-order valence-corrected chi connectivity index (χ2v) is 3.62. The Morgan fingerprint density at radius 1 is 1.67 bits per heavy atom. The average molecular weight is 153 g/mol. The van der Waals surface area contributed by atoms with E-state index in [4.69, 9.17) is 10.3 Å². The van der Waals surface area contributed by atoms with Crippen molar-refractivity contribution in [3.8, 4) is 0 Å². The molecular weight excluding hydrogens is 142 g/mol. The van der Waals surface area contributed by atoms with E-state index in [1.165, 1.54) is 0 Å². The third-order valence-electron chi connectivity index (χ3n) is 0.831. The molecule has 0 aromatic heterocycles. The first-order valence-electron chi connectivity index (χ1n) is 2.62. The molecule has 0 aliphatic rings. The summed E-state index contributed by atoms with van der Waals surface area (Å²) in [7, 11) is -3.80. The molecule has 9 heavy (non-hydrogen) atoms. The van der Waals surface area contributed by atoms with Gasteiger partial charge in [-0.05, 0) is 13.3 Å². The van der Waals surface area contributed by atoms with Gasteiger partial charge in [0.15, 0.2) is 0 Å². The van der Waals surface area contributed by atoms with Crippen LogP contribution in [0.2, 0.25) is 0 Å². The lowest BCUT2D eigenvalue weighted by atomic mass is 10.3. The van der Waals surface area contributed by atoms with Gasteiger partial charge in [-0.25, -0.2) is 0 Å². The minimum absolute atomic E-state index is 0.174. The topological polar surface area (TPSA) is 80.4 Å². The molecule has 0 rings (SSSR count). The van der Waals surface area contributed by atoms with Crippen LogP contribution in [0.4, 0.5) is 0 Å². The first-order chi connectivity index (χ1) is 3.92. The zero-order chi connectivity index (χ0) is 7.49. The lowest BCUT2D eigenvalue weighted by Gasteiger charge is -2.00. The van der Waals surface area contributed by atoms with E-state index in [9.17, 15) is 8.42 Å². The molecule has 0 heterocycles. The second kappa shape index (κ2) is 3.14. The van der Waals surface area contributed by atoms with Gasteiger partial charge in [0.1, 0.15) is 0 Å². The van der Waals surface area contributed by atoms with Crippen molar-refractivity contribution in [1.29, 1.82) is 0 Å². The van der Waals surface area contributed by atoms with Gasteiger partial charge in [0.25, 0.3) is 10.1 Å². The smallest absolute Gasteiger partial charge is 0.264 e. The van der Waals surface area contributed by atoms with E-state index in [0.717, 1.165) is 0 Å². The molecular formula is C4H11NO3S. The number of rotatable bonds is 3. The van der Waals surface area contributed by atoms with Crippen LogP contribution < -0.4 is 5.73 Å². The summed E-state index contributed by atoms with van der Waals surface area (Å²) in [6.45, 7) is 1.69. The zero-order valence-electron chi connectivity index (χ0n) is 5.24. The molecule has 4 nitrogen and oxygen atoms in total. The molecule has 0 saturated heterocycles. The van der Waals surface area contributed by atoms with Crippen molar-refractivity contribution in [2.45, 2.75) is 19.4 Å². The van der Waals surface area contributed by atoms with Crippen molar-refractivity contribution >= 4 is 10.1 Å². The summed E-state index contributed by atoms with van der Waals surface area (Å²) in [5, 5.41) is 0. The quantitative estimate of drug-likeness (QED) is 0.541. The van der Waals surface area contributed by atoms with E-state index in [1.54, 1.807) is 6.92 Å². The van der Waals surface area contributed by atoms with E-state index < -0.39 is 10.1 Å². The van der Waals surface area contributed by atoms with E-state index in [0.29, 0.717) is 6.42 Å². The Kier molecular flexibility index (Phi) is 3.10. The Hall–Kier alpha value is -0.130. The monoisotopic (exact) mass is 153 g/mol. The summed E-state index contributed by atoms with van der Waals surface area (Å²) < 4.78 is 28.3. The highest BCUT2D eigenvalue weighted by atomic mass is 32.2. The highest BCUT2D eigenvalue weighted by Gasteiger charge is 2.04. The summed E-state index contributed by atoms with van der Waals surface area (Å²) in [6, 6.07) is -0.174. The van der Waals surface area contributed by atoms with Gasteiger partial charge < -0.3 is 5.73 Å². The predicted molar refractivity (Wildman–Crippen MR) is 34.7 cm³/mol. The first-order valence-corrected chi connectivity index (χ1v) is 4.23. The standard InChI is InChI=1S/C4H11NO3S/c1-4(5)2-3-9(6,7)8/h4H,2-3,5H2,1H3,(H,6,7,8)/t4-/m0/s1. The number of nitrogens with two attached hydrogens (primary N) is 1. The summed E-state index contributed by atoms with van der Waals surface area (Å²) in [6.07, 6.45) is 0.304. The summed E-state index contributed by atoms with van der Waals surface area (Å²) >= 11 is 0. The lowest BCUT2D eigenvalue weighted by Crippen LogP contribution is -2.19. The molecule has 0 amide bonds. The van der Waals surface area contributed by atoms with Crippen LogP contribution >= 0.6 is 0 Å². The molecule has 5 heteroatoms. The maximum Gasteiger partial charge on any atom is 0.264 e. The Morgan fingerprint density at radius 3 is 2.22 bits per heavy atom. The molecule has 0 spiro atoms. The number of hydrogen-bond acceptors (Lipinski definition) is 3. The maximum atomic E-state index is 10.0. The Morgan fingerprint density at radius 2 is 2.11 bits per heavy atom. The minimum Gasteiger partial charge on any atom is -0.328 e. The first kappa shape index (κ1) is 8.87. The van der Waals surface area contributed by atoms with Crippen LogP contribution in [-0.2, 0) is 10.1 Å². The van der Waals surface area contributed by atoms with Crippen LogP contribution in [0.1, 0.15) is 13.3 Å². The molecule has 0 aliphatic carbocycles. The van der Waals surface area contributed by atoms with Gasteiger partial charge in [0, 0.05) is 6.04 Å². The predicted octanol–water partition coefficient (Wildman–Crippen LogP) is -0.388. The Bertz CT molecular complexity index is 161. The molecule has 0 aromatic carbocycles. The van der Waals surface area contributed by atoms with E-state index in [2.05, 4.69) is 0 Å². The van der Waals surface area contributed by atoms with E-state index >= 15 is 0 Å². The van der Waals surface area contributed by atoms with Crippen LogP contribution in [0, 0.1) is 0 Å². The fraction of sp³-hybridized carbons (Fsp3) is 1.00. The van der Waals surface area contributed by atoms with Gasteiger partial charge in [0.2, 0.25) is 0 Å². The molecule has 0 aliphatic heterocycles. The van der Waals surface area contributed by atoms with Gasteiger partial charge >= 0.3 is 0 Å². The van der Waals surface area contributed by atoms with E-state index in [-0.39, 0.29) is 11.8 Å². The molecule has 0 unspecified atom stereocenters. The van der Waals surface area contributed by atoms with Crippen molar-refractivity contribution in [2.24, 2.45) is 5.73 Å². The molecule has 0 aromatic rings. The Labute approximate surface area is 54.8 Å². The highest BCUT2D eigenvalue weighted by Crippen LogP contribution is 1.90. The van der Waals surface area contributed by atoms with Gasteiger partial charge in [-0.1, -0.05) is 0 Å². The molecule has 0 fully saturated rings. The Balaban J connectivity index is 3.53. The SMILES string of the molecule is C[C@H](N)CCS(=O)(=O)O. The fourth-order valence-corrected chi connectivity index (χ4v) is 1.00. The third kappa shape index (κ3) is 7.87. The average Bonchev–Trinajstić information content (AvgIpc) is 1.59. The fourth-order valence-electron chi connectivity index (χ4n) is 0.335. The van der Waals surface area contributed by atoms with Gasteiger partial charge in [-0.15, -0.1) is 0 Å². The normalized spacial score (nSPS) is 15.4. The molecule has 0 radical (unpaired) electrons. The molecule has 0 bridgehead atoms. The van der Waals surface area contributed by atoms with Gasteiger partial charge in [0.05, 0.1) is 5.75 Å². The zero-order valence-corrected chi connectivity index (χ0v) is 6.06. The molecule has 1 atom stereocenters. The van der Waals surface area contributed by atoms with E-state index in [1.807, 2.05) is 0 Å². The maximum absolute atomic E-state index is 10.0. The van der Waals surface area contributed by atoms with Crippen molar-refractivity contribution < 1.29 is 13.0 Å². The van der Waals surface area contributed by atoms with Crippen molar-refractivity contribution in [1.82, 2.24) is 0 Å². The molecule has 0 saturated carbocycles. The highest BCUT2D eigenvalue weighted by molar-refractivity contribution is 7.85. The minimum atomic E-state index is -3.80. The van der Waals surface area contributed by atoms with Gasteiger partial charge in [-0.2, -0.15) is 8.42 Å². The second-order valence-electron chi connectivity index (χ2n) is 2.05. The summed E-state index contributed by atoms with van der Waals surface area (Å²) in [5.41, 5.74) is 5.22. The lowest BCUT2D eigenvalue weighted by molar-refractivity contribution is 0.478. The van der Waals surface area contributed by atoms with Crippen LogP contribution in [0.15, 0.2) is 0 Å². The summed E-state index contributed by atoms with van der Waals surface area (Å²) in [4.78, 5) is 0. The molecule has 56 valence electrons. The van der Waals surface area contributed by atoms with Crippen molar-refractivity contribution in [3.63, 3.8) is 0 Å². The third-order valence-corrected chi connectivity index (χ3v) is 1.58. The largest absolute Gasteiger partial charge is 0.328 e. The van der Waals surface area contributed by atoms with Crippen LogP contribution in [0.25, 0.3) is 0 Å². The van der Waals surface area contributed by atoms with Crippen LogP contribution in [0.3, 0.4) is 0 Å². The molecule has 3 N–H and O–H groups in total. The van der Waals surface area contributed by atoms with Crippen LogP contribution in [0.5, 0.6) is 0 Å².